The molecule has 3 N–H and O–H groups in total. The summed E-state index contributed by atoms with van der Waals surface area (Å²) in [7, 11) is 4.20. The molecule has 4 heterocycles. The maximum absolute atomic E-state index is 6.49. The van der Waals surface area contributed by atoms with Gasteiger partial charge in [0.15, 0.2) is 0 Å². The number of nitrogens with two attached hydrogens (primary N) is 1. The summed E-state index contributed by atoms with van der Waals surface area (Å²) in [6, 6.07) is 13.4. The maximum atomic E-state index is 6.49. The van der Waals surface area contributed by atoms with Crippen LogP contribution in [0.5, 0.6) is 0 Å². The van der Waals surface area contributed by atoms with E-state index < -0.39 is 0 Å². The Morgan fingerprint density at radius 1 is 0.905 bits per heavy atom. The summed E-state index contributed by atoms with van der Waals surface area (Å²) in [5, 5.41) is 5.09. The number of benzene rings is 2. The highest BCUT2D eigenvalue weighted by atomic mass is 35.5. The predicted octanol–water partition coefficient (Wildman–Crippen LogP) is 6.00. The van der Waals surface area contributed by atoms with Gasteiger partial charge in [-0.1, -0.05) is 29.8 Å². The number of nitrogens with zero attached hydrogens (tertiary/aromatic N) is 7. The summed E-state index contributed by atoms with van der Waals surface area (Å²) in [5.74, 6) is 1.27. The second-order valence-corrected chi connectivity index (χ2v) is 12.4. The number of piperazine rings is 1. The lowest BCUT2D eigenvalue weighted by Gasteiger charge is -2.41. The third kappa shape index (κ3) is 4.79. The number of aromatic nitrogens is 5. The van der Waals surface area contributed by atoms with Crippen molar-refractivity contribution in [2.24, 2.45) is 7.05 Å². The van der Waals surface area contributed by atoms with Crippen LogP contribution in [-0.2, 0) is 7.05 Å². The molecule has 2 aromatic carbocycles. The van der Waals surface area contributed by atoms with Crippen LogP contribution < -0.4 is 11.1 Å². The van der Waals surface area contributed by atoms with Gasteiger partial charge >= 0.3 is 0 Å². The summed E-state index contributed by atoms with van der Waals surface area (Å²) in [6.07, 6.45) is 8.57. The summed E-state index contributed by atoms with van der Waals surface area (Å²) < 4.78 is 4.36. The third-order valence-electron chi connectivity index (χ3n) is 9.38. The average molecular weight is 584 g/mol. The lowest BCUT2D eigenvalue weighted by Crippen LogP contribution is -2.49. The van der Waals surface area contributed by atoms with E-state index in [-0.39, 0.29) is 0 Å². The molecule has 0 unspecified atom stereocenters. The molecule has 5 aromatic rings. The molecule has 2 fully saturated rings. The quantitative estimate of drug-likeness (QED) is 0.262. The molecule has 42 heavy (non-hydrogen) atoms. The van der Waals surface area contributed by atoms with Crippen LogP contribution in [0, 0.1) is 6.92 Å². The number of hydrogen-bond donors (Lipinski definition) is 2. The minimum atomic E-state index is 0.410. The fourth-order valence-electron chi connectivity index (χ4n) is 6.87. The maximum Gasteiger partial charge on any atom is 0.208 e. The number of nitrogens with one attached hydrogen (secondary N) is 1. The van der Waals surface area contributed by atoms with Crippen LogP contribution in [-0.4, -0.2) is 73.2 Å². The van der Waals surface area contributed by atoms with E-state index in [0.717, 1.165) is 63.2 Å². The first-order valence-electron chi connectivity index (χ1n) is 14.9. The molecule has 0 radical (unpaired) electrons. The van der Waals surface area contributed by atoms with Gasteiger partial charge in [0, 0.05) is 62.8 Å². The Kier molecular flexibility index (Phi) is 7.04. The second kappa shape index (κ2) is 10.9. The molecular weight excluding hydrogens is 546 g/mol. The fourth-order valence-corrected chi connectivity index (χ4v) is 7.15. The van der Waals surface area contributed by atoms with Gasteiger partial charge in [-0.05, 0) is 69.0 Å². The average Bonchev–Trinajstić information content (AvgIpc) is 3.56. The van der Waals surface area contributed by atoms with E-state index in [1.54, 1.807) is 6.33 Å². The van der Waals surface area contributed by atoms with Crippen molar-refractivity contribution in [2.75, 3.05) is 44.3 Å². The number of rotatable bonds is 5. The first kappa shape index (κ1) is 27.2. The molecule has 218 valence electrons. The van der Waals surface area contributed by atoms with Crippen molar-refractivity contribution >= 4 is 51.1 Å². The van der Waals surface area contributed by atoms with Gasteiger partial charge in [-0.2, -0.15) is 0 Å². The van der Waals surface area contributed by atoms with Crippen molar-refractivity contribution in [3.63, 3.8) is 0 Å². The zero-order chi connectivity index (χ0) is 29.0. The topological polar surface area (TPSA) is 93.1 Å². The van der Waals surface area contributed by atoms with Crippen molar-refractivity contribution in [1.82, 2.24) is 33.9 Å². The van der Waals surface area contributed by atoms with Crippen LogP contribution >= 0.6 is 11.6 Å². The molecule has 1 aliphatic carbocycles. The van der Waals surface area contributed by atoms with E-state index in [0.29, 0.717) is 22.9 Å². The summed E-state index contributed by atoms with van der Waals surface area (Å²) in [4.78, 5) is 19.0. The van der Waals surface area contributed by atoms with Gasteiger partial charge in [-0.3, -0.25) is 4.90 Å². The summed E-state index contributed by atoms with van der Waals surface area (Å²) in [5.41, 5.74) is 13.4. The van der Waals surface area contributed by atoms with Gasteiger partial charge in [0.05, 0.1) is 21.4 Å². The highest BCUT2D eigenvalue weighted by Gasteiger charge is 2.30. The largest absolute Gasteiger partial charge is 0.383 e. The van der Waals surface area contributed by atoms with Gasteiger partial charge < -0.3 is 25.1 Å². The van der Waals surface area contributed by atoms with E-state index in [4.69, 9.17) is 27.3 Å². The Labute approximate surface area is 251 Å². The second-order valence-electron chi connectivity index (χ2n) is 12.0. The molecule has 7 rings (SSSR count). The Hall–Kier alpha value is -3.66. The highest BCUT2D eigenvalue weighted by Crippen LogP contribution is 2.39. The molecule has 1 saturated carbocycles. The van der Waals surface area contributed by atoms with Gasteiger partial charge in [0.2, 0.25) is 5.95 Å². The van der Waals surface area contributed by atoms with Crippen molar-refractivity contribution < 1.29 is 0 Å². The van der Waals surface area contributed by atoms with Gasteiger partial charge in [0.25, 0.3) is 0 Å². The summed E-state index contributed by atoms with van der Waals surface area (Å²) >= 11 is 6.49. The standard InChI is InChI=1S/C32H38ClN9/c1-20-4-13-26(33)29-28(20)38-32(40(29)3)37-22-7-5-21(6-8-22)25-18-42(31-27(25)30(34)35-19-36-31)24-11-9-23(10-12-24)41-16-14-39(2)15-17-41/h4-8,13,18-19,23-24H,9-12,14-17H2,1-3H3,(H,37,38)(H2,34,35,36). The molecule has 1 aliphatic heterocycles. The SMILES string of the molecule is Cc1ccc(Cl)c2c1nc(Nc1ccc(-c3cn(C4CCC(N5CCN(C)CC5)CC4)c4ncnc(N)c34)cc1)n2C. The van der Waals surface area contributed by atoms with Crippen LogP contribution in [0.3, 0.4) is 0 Å². The van der Waals surface area contributed by atoms with E-state index in [2.05, 4.69) is 69.1 Å². The number of hydrogen-bond acceptors (Lipinski definition) is 7. The Bertz CT molecular complexity index is 1740. The van der Waals surface area contributed by atoms with Crippen molar-refractivity contribution in [3.8, 4) is 11.1 Å². The van der Waals surface area contributed by atoms with Crippen molar-refractivity contribution in [1.29, 1.82) is 0 Å². The summed E-state index contributed by atoms with van der Waals surface area (Å²) in [6.45, 7) is 6.75. The van der Waals surface area contributed by atoms with E-state index in [1.807, 2.05) is 23.7 Å². The number of likely N-dealkylation sites (N-methyl/N-ethyl adjacent to an activating group) is 1. The van der Waals surface area contributed by atoms with Gasteiger partial charge in [0.1, 0.15) is 17.8 Å². The smallest absolute Gasteiger partial charge is 0.208 e. The number of halogens is 1. The molecule has 0 bridgehead atoms. The molecule has 3 aromatic heterocycles. The lowest BCUT2D eigenvalue weighted by atomic mass is 9.89. The lowest BCUT2D eigenvalue weighted by molar-refractivity contribution is 0.0828. The van der Waals surface area contributed by atoms with E-state index in [1.165, 1.54) is 39.0 Å². The van der Waals surface area contributed by atoms with E-state index >= 15 is 0 Å². The molecular formula is C32H38ClN9. The molecule has 10 heteroatoms. The number of imidazole rings is 1. The molecule has 2 aliphatic rings. The Morgan fingerprint density at radius 3 is 2.33 bits per heavy atom. The first-order valence-corrected chi connectivity index (χ1v) is 15.3. The molecule has 9 nitrogen and oxygen atoms in total. The van der Waals surface area contributed by atoms with Crippen molar-refractivity contribution in [3.05, 3.63) is 59.5 Å². The van der Waals surface area contributed by atoms with Crippen LogP contribution in [0.25, 0.3) is 33.2 Å². The third-order valence-corrected chi connectivity index (χ3v) is 9.68. The monoisotopic (exact) mass is 583 g/mol. The van der Waals surface area contributed by atoms with E-state index in [9.17, 15) is 0 Å². The minimum absolute atomic E-state index is 0.410. The Balaban J connectivity index is 1.14. The predicted molar refractivity (Wildman–Crippen MR) is 171 cm³/mol. The van der Waals surface area contributed by atoms with Gasteiger partial charge in [-0.15, -0.1) is 0 Å². The van der Waals surface area contributed by atoms with Crippen LogP contribution in [0.2, 0.25) is 5.02 Å². The minimum Gasteiger partial charge on any atom is -0.383 e. The highest BCUT2D eigenvalue weighted by molar-refractivity contribution is 6.35. The molecule has 1 saturated heterocycles. The number of fused-ring (bicyclic) bond motifs is 2. The van der Waals surface area contributed by atoms with Crippen LogP contribution in [0.1, 0.15) is 37.3 Å². The fraction of sp³-hybridized carbons (Fsp3) is 0.406. The normalized spacial score (nSPS) is 20.5. The van der Waals surface area contributed by atoms with Crippen LogP contribution in [0.4, 0.5) is 17.5 Å². The van der Waals surface area contributed by atoms with Gasteiger partial charge in [-0.25, -0.2) is 15.0 Å². The number of anilines is 3. The van der Waals surface area contributed by atoms with Crippen LogP contribution in [0.15, 0.2) is 48.9 Å². The first-order chi connectivity index (χ1) is 20.4. The molecule has 0 spiro atoms. The number of nitrogen functional groups attached to an aromatic ring is 1. The molecule has 0 amide bonds. The zero-order valence-electron chi connectivity index (χ0n) is 24.5. The molecule has 0 atom stereocenters. The number of aryl methyl sites for hydroxylation is 2. The zero-order valence-corrected chi connectivity index (χ0v) is 25.3. The Morgan fingerprint density at radius 2 is 1.62 bits per heavy atom. The van der Waals surface area contributed by atoms with Crippen molar-refractivity contribution in [2.45, 2.75) is 44.7 Å².